The van der Waals surface area contributed by atoms with Gasteiger partial charge in [-0.2, -0.15) is 0 Å². The molecule has 1 aromatic rings. The van der Waals surface area contributed by atoms with E-state index in [9.17, 15) is 14.0 Å². The van der Waals surface area contributed by atoms with Crippen molar-refractivity contribution >= 4 is 40.6 Å². The monoisotopic (exact) mass is 478 g/mol. The van der Waals surface area contributed by atoms with Gasteiger partial charge in [-0.1, -0.05) is 37.9 Å². The van der Waals surface area contributed by atoms with Crippen LogP contribution in [0.5, 0.6) is 0 Å². The standard InChI is InChI=1S/C23H31FN4O4S/c24-19-12-17(5-6-20(19)26-7-9-27(10-8-26)22(30)15-29)28-14-18(32-23(28)31)13-25-21(33)11-16-3-1-2-4-16/h5-6,12,16,18,29H,1-4,7-11,13-15H2,(H,25,33). The van der Waals surface area contributed by atoms with Gasteiger partial charge in [0.05, 0.1) is 29.5 Å². The molecule has 1 unspecified atom stereocenters. The second-order valence-corrected chi connectivity index (χ2v) is 9.43. The number of anilines is 2. The molecule has 2 saturated heterocycles. The van der Waals surface area contributed by atoms with Crippen LogP contribution in [-0.4, -0.2) is 79.0 Å². The molecule has 1 aromatic carbocycles. The summed E-state index contributed by atoms with van der Waals surface area (Å²) in [5.41, 5.74) is 0.879. The molecule has 2 aliphatic heterocycles. The van der Waals surface area contributed by atoms with E-state index in [1.807, 2.05) is 4.90 Å². The van der Waals surface area contributed by atoms with Gasteiger partial charge < -0.3 is 25.0 Å². The fraction of sp³-hybridized carbons (Fsp3) is 0.609. The molecule has 0 spiro atoms. The molecule has 0 bridgehead atoms. The van der Waals surface area contributed by atoms with Gasteiger partial charge in [0.2, 0.25) is 5.91 Å². The Morgan fingerprint density at radius 2 is 1.94 bits per heavy atom. The van der Waals surface area contributed by atoms with E-state index < -0.39 is 18.5 Å². The average Bonchev–Trinajstić information content (AvgIpc) is 3.46. The third kappa shape index (κ3) is 5.73. The van der Waals surface area contributed by atoms with Crippen LogP contribution >= 0.6 is 12.2 Å². The third-order valence-electron chi connectivity index (χ3n) is 6.70. The van der Waals surface area contributed by atoms with Gasteiger partial charge in [0.15, 0.2) is 0 Å². The molecule has 1 atom stereocenters. The lowest BCUT2D eigenvalue weighted by Crippen LogP contribution is -2.49. The predicted molar refractivity (Wildman–Crippen MR) is 127 cm³/mol. The summed E-state index contributed by atoms with van der Waals surface area (Å²) in [5, 5.41) is 12.2. The first-order valence-electron chi connectivity index (χ1n) is 11.6. The van der Waals surface area contributed by atoms with Gasteiger partial charge in [-0.25, -0.2) is 9.18 Å². The van der Waals surface area contributed by atoms with Crippen molar-refractivity contribution < 1.29 is 23.8 Å². The highest BCUT2D eigenvalue weighted by Crippen LogP contribution is 2.29. The molecule has 2 N–H and O–H groups in total. The van der Waals surface area contributed by atoms with Gasteiger partial charge in [0.25, 0.3) is 0 Å². The van der Waals surface area contributed by atoms with Gasteiger partial charge in [-0.05, 0) is 24.1 Å². The topological polar surface area (TPSA) is 85.3 Å². The van der Waals surface area contributed by atoms with E-state index in [1.54, 1.807) is 17.0 Å². The van der Waals surface area contributed by atoms with Crippen molar-refractivity contribution in [1.29, 1.82) is 0 Å². The molecule has 8 nitrogen and oxygen atoms in total. The number of carbonyl (C=O) groups is 2. The van der Waals surface area contributed by atoms with Crippen molar-refractivity contribution in [3.8, 4) is 0 Å². The number of amides is 2. The number of piperazine rings is 1. The Morgan fingerprint density at radius 1 is 1.21 bits per heavy atom. The summed E-state index contributed by atoms with van der Waals surface area (Å²) in [6.45, 7) is 2.07. The van der Waals surface area contributed by atoms with Crippen molar-refractivity contribution in [3.63, 3.8) is 0 Å². The molecule has 1 aliphatic carbocycles. The van der Waals surface area contributed by atoms with Crippen LogP contribution < -0.4 is 15.1 Å². The highest BCUT2D eigenvalue weighted by molar-refractivity contribution is 7.80. The number of nitrogens with zero attached hydrogens (tertiary/aromatic N) is 3. The van der Waals surface area contributed by atoms with Crippen molar-refractivity contribution in [1.82, 2.24) is 10.2 Å². The smallest absolute Gasteiger partial charge is 0.414 e. The van der Waals surface area contributed by atoms with Crippen LogP contribution in [0.15, 0.2) is 18.2 Å². The maximum Gasteiger partial charge on any atom is 0.414 e. The van der Waals surface area contributed by atoms with Crippen molar-refractivity contribution in [2.45, 2.75) is 38.2 Å². The van der Waals surface area contributed by atoms with Crippen LogP contribution in [0.4, 0.5) is 20.6 Å². The average molecular weight is 479 g/mol. The van der Waals surface area contributed by atoms with E-state index in [0.717, 1.165) is 11.4 Å². The minimum atomic E-state index is -0.516. The Labute approximate surface area is 198 Å². The molecule has 2 amide bonds. The zero-order valence-corrected chi connectivity index (χ0v) is 19.5. The Kier molecular flexibility index (Phi) is 7.64. The van der Waals surface area contributed by atoms with Crippen LogP contribution in [0.3, 0.4) is 0 Å². The molecule has 0 radical (unpaired) electrons. The molecule has 3 aliphatic rings. The number of halogens is 1. The van der Waals surface area contributed by atoms with Gasteiger partial charge in [0.1, 0.15) is 18.5 Å². The third-order valence-corrected chi connectivity index (χ3v) is 7.01. The van der Waals surface area contributed by atoms with E-state index in [0.29, 0.717) is 56.6 Å². The molecule has 2 heterocycles. The van der Waals surface area contributed by atoms with E-state index in [1.165, 1.54) is 36.6 Å². The summed E-state index contributed by atoms with van der Waals surface area (Å²) < 4.78 is 20.4. The number of aliphatic hydroxyl groups excluding tert-OH is 1. The molecule has 180 valence electrons. The highest BCUT2D eigenvalue weighted by atomic mass is 32.1. The number of ether oxygens (including phenoxy) is 1. The first kappa shape index (κ1) is 23.7. The summed E-state index contributed by atoms with van der Waals surface area (Å²) in [7, 11) is 0. The number of aliphatic hydroxyl groups is 1. The Morgan fingerprint density at radius 3 is 2.61 bits per heavy atom. The summed E-state index contributed by atoms with van der Waals surface area (Å²) in [5.74, 6) is -0.0878. The van der Waals surface area contributed by atoms with Gasteiger partial charge in [-0.15, -0.1) is 0 Å². The minimum absolute atomic E-state index is 0.318. The first-order valence-corrected chi connectivity index (χ1v) is 12.0. The Hall–Kier alpha value is -2.46. The lowest BCUT2D eigenvalue weighted by Gasteiger charge is -2.36. The maximum absolute atomic E-state index is 14.9. The number of benzene rings is 1. The van der Waals surface area contributed by atoms with Crippen LogP contribution in [0.1, 0.15) is 32.1 Å². The molecular weight excluding hydrogens is 447 g/mol. The molecule has 4 rings (SSSR count). The minimum Gasteiger partial charge on any atom is -0.442 e. The summed E-state index contributed by atoms with van der Waals surface area (Å²) in [4.78, 5) is 29.7. The number of thiocarbonyl (C=S) groups is 1. The van der Waals surface area contributed by atoms with Gasteiger partial charge in [0, 0.05) is 32.6 Å². The molecule has 0 aromatic heterocycles. The van der Waals surface area contributed by atoms with E-state index >= 15 is 0 Å². The van der Waals surface area contributed by atoms with Gasteiger partial charge >= 0.3 is 6.09 Å². The highest BCUT2D eigenvalue weighted by Gasteiger charge is 2.33. The maximum atomic E-state index is 14.9. The molecule has 3 fully saturated rings. The van der Waals surface area contributed by atoms with Gasteiger partial charge in [-0.3, -0.25) is 9.69 Å². The number of nitrogens with one attached hydrogen (secondary N) is 1. The van der Waals surface area contributed by atoms with Crippen molar-refractivity contribution in [3.05, 3.63) is 24.0 Å². The van der Waals surface area contributed by atoms with Crippen LogP contribution in [0.2, 0.25) is 0 Å². The first-order chi connectivity index (χ1) is 15.9. The normalized spacial score (nSPS) is 21.5. The summed E-state index contributed by atoms with van der Waals surface area (Å²) >= 11 is 5.45. The number of hydrogen-bond donors (Lipinski definition) is 2. The summed E-state index contributed by atoms with van der Waals surface area (Å²) in [6.07, 6.45) is 5.05. The zero-order chi connectivity index (χ0) is 23.4. The Balaban J connectivity index is 1.30. The second kappa shape index (κ2) is 10.6. The molecular formula is C23H31FN4O4S. The number of rotatable bonds is 7. The number of carbonyl (C=O) groups excluding carboxylic acids is 2. The SMILES string of the molecule is O=C(CO)N1CCN(c2ccc(N3CC(CNC(=S)CC4CCCC4)OC3=O)cc2F)CC1. The lowest BCUT2D eigenvalue weighted by molar-refractivity contribution is -0.134. The lowest BCUT2D eigenvalue weighted by atomic mass is 10.0. The zero-order valence-electron chi connectivity index (χ0n) is 18.7. The largest absolute Gasteiger partial charge is 0.442 e. The number of cyclic esters (lactones) is 1. The van der Waals surface area contributed by atoms with E-state index in [-0.39, 0.29) is 12.0 Å². The predicted octanol–water partition coefficient (Wildman–Crippen LogP) is 2.29. The van der Waals surface area contributed by atoms with Crippen LogP contribution in [-0.2, 0) is 9.53 Å². The quantitative estimate of drug-likeness (QED) is 0.582. The second-order valence-electron chi connectivity index (χ2n) is 8.94. The van der Waals surface area contributed by atoms with E-state index in [4.69, 9.17) is 22.1 Å². The molecule has 1 saturated carbocycles. The van der Waals surface area contributed by atoms with Crippen LogP contribution in [0, 0.1) is 11.7 Å². The van der Waals surface area contributed by atoms with Crippen molar-refractivity contribution in [2.75, 3.05) is 55.7 Å². The van der Waals surface area contributed by atoms with E-state index in [2.05, 4.69) is 5.32 Å². The fourth-order valence-corrected chi connectivity index (χ4v) is 5.15. The molecule has 33 heavy (non-hydrogen) atoms. The fourth-order valence-electron chi connectivity index (χ4n) is 4.83. The Bertz CT molecular complexity index is 887. The van der Waals surface area contributed by atoms with Crippen molar-refractivity contribution in [2.24, 2.45) is 5.92 Å². The molecule has 10 heteroatoms. The summed E-state index contributed by atoms with van der Waals surface area (Å²) in [6, 6.07) is 4.72. The number of hydrogen-bond acceptors (Lipinski definition) is 6. The van der Waals surface area contributed by atoms with Crippen LogP contribution in [0.25, 0.3) is 0 Å².